The molecule has 1 unspecified atom stereocenters. The zero-order valence-corrected chi connectivity index (χ0v) is 14.3. The predicted octanol–water partition coefficient (Wildman–Crippen LogP) is 2.31. The lowest BCUT2D eigenvalue weighted by atomic mass is 10.3. The Kier molecular flexibility index (Phi) is 6.58. The fraction of sp³-hybridized carbons (Fsp3) is 0.545. The van der Waals surface area contributed by atoms with Crippen molar-refractivity contribution in [3.63, 3.8) is 0 Å². The molecule has 0 fully saturated rings. The van der Waals surface area contributed by atoms with Gasteiger partial charge in [-0.05, 0) is 34.7 Å². The number of sulfonamides is 1. The first-order valence-electron chi connectivity index (χ1n) is 5.79. The maximum absolute atomic E-state index is 12.4. The predicted molar refractivity (Wildman–Crippen MR) is 84.3 cm³/mol. The van der Waals surface area contributed by atoms with Crippen molar-refractivity contribution in [1.29, 1.82) is 0 Å². The highest BCUT2D eigenvalue weighted by Crippen LogP contribution is 2.23. The standard InChI is InChI=1S/C11H18BrN3O2S2/c1-4-9(7-18-3)15-19(16,17)10-5-8(12)6-14-11(10)13-2/h5-6,9,15H,4,7H2,1-3H3,(H,13,14). The summed E-state index contributed by atoms with van der Waals surface area (Å²) in [5.74, 6) is 1.08. The van der Waals surface area contributed by atoms with Gasteiger partial charge in [-0.2, -0.15) is 11.8 Å². The van der Waals surface area contributed by atoms with E-state index in [2.05, 4.69) is 31.0 Å². The zero-order valence-electron chi connectivity index (χ0n) is 11.1. The Morgan fingerprint density at radius 2 is 2.21 bits per heavy atom. The molecule has 0 aromatic carbocycles. The Morgan fingerprint density at radius 3 is 2.74 bits per heavy atom. The molecule has 19 heavy (non-hydrogen) atoms. The largest absolute Gasteiger partial charge is 0.372 e. The van der Waals surface area contributed by atoms with E-state index >= 15 is 0 Å². The lowest BCUT2D eigenvalue weighted by molar-refractivity contribution is 0.558. The van der Waals surface area contributed by atoms with E-state index in [1.807, 2.05) is 13.2 Å². The molecule has 1 atom stereocenters. The van der Waals surface area contributed by atoms with Crippen molar-refractivity contribution >= 4 is 43.5 Å². The van der Waals surface area contributed by atoms with Gasteiger partial charge in [-0.25, -0.2) is 18.1 Å². The SMILES string of the molecule is CCC(CSC)NS(=O)(=O)c1cc(Br)cnc1NC. The normalized spacial score (nSPS) is 13.3. The van der Waals surface area contributed by atoms with Gasteiger partial charge in [0.25, 0.3) is 0 Å². The average Bonchev–Trinajstić information content (AvgIpc) is 2.38. The summed E-state index contributed by atoms with van der Waals surface area (Å²) in [5.41, 5.74) is 0. The highest BCUT2D eigenvalue weighted by atomic mass is 79.9. The molecule has 1 rings (SSSR count). The van der Waals surface area contributed by atoms with Crippen molar-refractivity contribution in [3.8, 4) is 0 Å². The minimum atomic E-state index is -3.58. The smallest absolute Gasteiger partial charge is 0.244 e. The molecule has 108 valence electrons. The Balaban J connectivity index is 3.09. The first kappa shape index (κ1) is 16.7. The molecular weight excluding hydrogens is 350 g/mol. The first-order valence-corrected chi connectivity index (χ1v) is 9.46. The van der Waals surface area contributed by atoms with Crippen molar-refractivity contribution in [2.24, 2.45) is 0 Å². The molecule has 1 heterocycles. The van der Waals surface area contributed by atoms with Crippen LogP contribution in [0.15, 0.2) is 21.6 Å². The third kappa shape index (κ3) is 4.62. The van der Waals surface area contributed by atoms with Crippen LogP contribution in [0.1, 0.15) is 13.3 Å². The molecule has 2 N–H and O–H groups in total. The topological polar surface area (TPSA) is 71.1 Å². The molecule has 0 aliphatic heterocycles. The maximum atomic E-state index is 12.4. The quantitative estimate of drug-likeness (QED) is 0.773. The van der Waals surface area contributed by atoms with Gasteiger partial charge in [0, 0.05) is 29.5 Å². The summed E-state index contributed by atoms with van der Waals surface area (Å²) in [5, 5.41) is 2.80. The molecule has 0 aliphatic rings. The van der Waals surface area contributed by atoms with Crippen molar-refractivity contribution in [2.45, 2.75) is 24.3 Å². The molecule has 0 aliphatic carbocycles. The number of aromatic nitrogens is 1. The minimum Gasteiger partial charge on any atom is -0.372 e. The van der Waals surface area contributed by atoms with Crippen LogP contribution in [-0.2, 0) is 10.0 Å². The van der Waals surface area contributed by atoms with Gasteiger partial charge < -0.3 is 5.32 Å². The number of hydrogen-bond donors (Lipinski definition) is 2. The van der Waals surface area contributed by atoms with Crippen molar-refractivity contribution in [2.75, 3.05) is 24.4 Å². The van der Waals surface area contributed by atoms with Gasteiger partial charge >= 0.3 is 0 Å². The van der Waals surface area contributed by atoms with Crippen LogP contribution in [0.5, 0.6) is 0 Å². The maximum Gasteiger partial charge on any atom is 0.244 e. The van der Waals surface area contributed by atoms with E-state index in [0.29, 0.717) is 10.3 Å². The summed E-state index contributed by atoms with van der Waals surface area (Å²) >= 11 is 4.86. The number of nitrogens with zero attached hydrogens (tertiary/aromatic N) is 1. The molecule has 1 aromatic rings. The van der Waals surface area contributed by atoms with Crippen LogP contribution in [0.3, 0.4) is 0 Å². The lowest BCUT2D eigenvalue weighted by Gasteiger charge is -2.17. The number of pyridine rings is 1. The van der Waals surface area contributed by atoms with Gasteiger partial charge in [0.05, 0.1) is 0 Å². The third-order valence-corrected chi connectivity index (χ3v) is 5.23. The fourth-order valence-corrected chi connectivity index (χ4v) is 4.35. The first-order chi connectivity index (χ1) is 8.94. The van der Waals surface area contributed by atoms with Gasteiger partial charge in [-0.1, -0.05) is 6.92 Å². The number of anilines is 1. The summed E-state index contributed by atoms with van der Waals surface area (Å²) in [4.78, 5) is 4.22. The summed E-state index contributed by atoms with van der Waals surface area (Å²) in [6.45, 7) is 1.96. The molecule has 8 heteroatoms. The highest BCUT2D eigenvalue weighted by Gasteiger charge is 2.22. The molecule has 5 nitrogen and oxygen atoms in total. The molecule has 0 radical (unpaired) electrons. The van der Waals surface area contributed by atoms with E-state index in [1.165, 1.54) is 0 Å². The lowest BCUT2D eigenvalue weighted by Crippen LogP contribution is -2.36. The van der Waals surface area contributed by atoms with Crippen LogP contribution in [-0.4, -0.2) is 38.5 Å². The molecule has 0 saturated carbocycles. The zero-order chi connectivity index (χ0) is 14.5. The van der Waals surface area contributed by atoms with Crippen LogP contribution < -0.4 is 10.0 Å². The highest BCUT2D eigenvalue weighted by molar-refractivity contribution is 9.10. The van der Waals surface area contributed by atoms with Gasteiger partial charge in [-0.15, -0.1) is 0 Å². The van der Waals surface area contributed by atoms with Crippen LogP contribution >= 0.6 is 27.7 Å². The Hall–Kier alpha value is -0.310. The van der Waals surface area contributed by atoms with Gasteiger partial charge in [-0.3, -0.25) is 0 Å². The number of rotatable bonds is 7. The second-order valence-electron chi connectivity index (χ2n) is 3.93. The van der Waals surface area contributed by atoms with Gasteiger partial charge in [0.1, 0.15) is 10.7 Å². The van der Waals surface area contributed by atoms with Crippen molar-refractivity contribution < 1.29 is 8.42 Å². The summed E-state index contributed by atoms with van der Waals surface area (Å²) < 4.78 is 28.1. The van der Waals surface area contributed by atoms with Gasteiger partial charge in [0.15, 0.2) is 0 Å². The number of nitrogens with one attached hydrogen (secondary N) is 2. The molecule has 0 saturated heterocycles. The second-order valence-corrected chi connectivity index (χ2v) is 7.44. The Morgan fingerprint density at radius 1 is 1.53 bits per heavy atom. The van der Waals surface area contributed by atoms with E-state index in [-0.39, 0.29) is 10.9 Å². The van der Waals surface area contributed by atoms with Crippen LogP contribution in [0.4, 0.5) is 5.82 Å². The monoisotopic (exact) mass is 367 g/mol. The molecule has 0 spiro atoms. The van der Waals surface area contributed by atoms with E-state index in [1.54, 1.807) is 31.1 Å². The number of thioether (sulfide) groups is 1. The van der Waals surface area contributed by atoms with Crippen LogP contribution in [0.25, 0.3) is 0 Å². The molecule has 1 aromatic heterocycles. The summed E-state index contributed by atoms with van der Waals surface area (Å²) in [7, 11) is -1.93. The minimum absolute atomic E-state index is 0.0799. The van der Waals surface area contributed by atoms with E-state index < -0.39 is 10.0 Å². The van der Waals surface area contributed by atoms with Crippen molar-refractivity contribution in [3.05, 3.63) is 16.7 Å². The fourth-order valence-electron chi connectivity index (χ4n) is 1.53. The second kappa shape index (κ2) is 7.47. The van der Waals surface area contributed by atoms with E-state index in [0.717, 1.165) is 12.2 Å². The number of halogens is 1. The summed E-state index contributed by atoms with van der Waals surface area (Å²) in [6.07, 6.45) is 4.26. The third-order valence-electron chi connectivity index (χ3n) is 2.53. The Bertz CT molecular complexity index is 523. The van der Waals surface area contributed by atoms with Gasteiger partial charge in [0.2, 0.25) is 10.0 Å². The summed E-state index contributed by atoms with van der Waals surface area (Å²) in [6, 6.07) is 1.47. The molecule has 0 bridgehead atoms. The molecular formula is C11H18BrN3O2S2. The number of hydrogen-bond acceptors (Lipinski definition) is 5. The Labute approximate surface area is 127 Å². The van der Waals surface area contributed by atoms with Crippen LogP contribution in [0.2, 0.25) is 0 Å². The van der Waals surface area contributed by atoms with E-state index in [4.69, 9.17) is 0 Å². The average molecular weight is 368 g/mol. The van der Waals surface area contributed by atoms with Crippen LogP contribution in [0, 0.1) is 0 Å². The van der Waals surface area contributed by atoms with Crippen molar-refractivity contribution in [1.82, 2.24) is 9.71 Å². The molecule has 0 amide bonds. The van der Waals surface area contributed by atoms with E-state index in [9.17, 15) is 8.42 Å².